The van der Waals surface area contributed by atoms with Crippen LogP contribution in [0.15, 0.2) is 48.5 Å². The minimum Gasteiger partial charge on any atom is -0.367 e. The second-order valence-corrected chi connectivity index (χ2v) is 5.22. The number of hydrogen-bond acceptors (Lipinski definition) is 2. The first-order valence-corrected chi connectivity index (χ1v) is 7.41. The van der Waals surface area contributed by atoms with Crippen molar-refractivity contribution in [1.82, 2.24) is 5.32 Å². The van der Waals surface area contributed by atoms with Crippen LogP contribution in [0, 0.1) is 5.82 Å². The maximum atomic E-state index is 14.0. The van der Waals surface area contributed by atoms with Gasteiger partial charge < -0.3 is 10.2 Å². The fourth-order valence-electron chi connectivity index (χ4n) is 2.50. The summed E-state index contributed by atoms with van der Waals surface area (Å²) in [7, 11) is 2.02. The van der Waals surface area contributed by atoms with E-state index < -0.39 is 0 Å². The van der Waals surface area contributed by atoms with Gasteiger partial charge in [-0.2, -0.15) is 0 Å². The number of para-hydroxylation sites is 1. The summed E-state index contributed by atoms with van der Waals surface area (Å²) in [6, 6.07) is 15.2. The number of rotatable bonds is 6. The smallest absolute Gasteiger partial charge is 0.128 e. The van der Waals surface area contributed by atoms with Gasteiger partial charge in [0.2, 0.25) is 0 Å². The van der Waals surface area contributed by atoms with Gasteiger partial charge in [0.25, 0.3) is 0 Å². The van der Waals surface area contributed by atoms with Crippen molar-refractivity contribution >= 4 is 5.69 Å². The van der Waals surface area contributed by atoms with Gasteiger partial charge in [0.05, 0.1) is 6.04 Å². The van der Waals surface area contributed by atoms with Gasteiger partial charge in [0, 0.05) is 24.8 Å². The van der Waals surface area contributed by atoms with E-state index in [9.17, 15) is 4.39 Å². The van der Waals surface area contributed by atoms with Gasteiger partial charge >= 0.3 is 0 Å². The highest BCUT2D eigenvalue weighted by Crippen LogP contribution is 2.29. The van der Waals surface area contributed by atoms with E-state index in [4.69, 9.17) is 0 Å². The molecule has 112 valence electrons. The molecule has 1 N–H and O–H groups in total. The summed E-state index contributed by atoms with van der Waals surface area (Å²) in [4.78, 5) is 2.13. The number of nitrogens with zero attached hydrogens (tertiary/aromatic N) is 1. The topological polar surface area (TPSA) is 15.3 Å². The van der Waals surface area contributed by atoms with Crippen LogP contribution in [0.25, 0.3) is 0 Å². The number of nitrogens with one attached hydrogen (secondary N) is 1. The van der Waals surface area contributed by atoms with Crippen LogP contribution in [0.1, 0.15) is 31.0 Å². The highest BCUT2D eigenvalue weighted by atomic mass is 19.1. The molecule has 0 fully saturated rings. The first-order valence-electron chi connectivity index (χ1n) is 7.41. The van der Waals surface area contributed by atoms with Crippen molar-refractivity contribution < 1.29 is 4.39 Å². The summed E-state index contributed by atoms with van der Waals surface area (Å²) in [5.74, 6) is -0.152. The summed E-state index contributed by atoms with van der Waals surface area (Å²) >= 11 is 0. The molecule has 0 saturated heterocycles. The highest BCUT2D eigenvalue weighted by molar-refractivity contribution is 5.54. The lowest BCUT2D eigenvalue weighted by Crippen LogP contribution is -2.25. The van der Waals surface area contributed by atoms with Crippen LogP contribution >= 0.6 is 0 Å². The second-order valence-electron chi connectivity index (χ2n) is 5.22. The van der Waals surface area contributed by atoms with E-state index in [1.807, 2.05) is 38.2 Å². The van der Waals surface area contributed by atoms with Crippen molar-refractivity contribution in [2.24, 2.45) is 0 Å². The van der Waals surface area contributed by atoms with Crippen LogP contribution in [-0.4, -0.2) is 13.6 Å². The fourth-order valence-corrected chi connectivity index (χ4v) is 2.50. The molecule has 0 aliphatic carbocycles. The fraction of sp³-hybridized carbons (Fsp3) is 0.333. The summed E-state index contributed by atoms with van der Waals surface area (Å²) < 4.78 is 14.0. The summed E-state index contributed by atoms with van der Waals surface area (Å²) in [5, 5.41) is 3.35. The lowest BCUT2D eigenvalue weighted by atomic mass is 10.0. The molecule has 2 aromatic rings. The minimum absolute atomic E-state index is 0.0195. The molecule has 0 saturated carbocycles. The van der Waals surface area contributed by atoms with Crippen molar-refractivity contribution in [2.45, 2.75) is 26.4 Å². The first kappa shape index (κ1) is 15.5. The summed E-state index contributed by atoms with van der Waals surface area (Å²) in [6.45, 7) is 5.87. The van der Waals surface area contributed by atoms with Crippen molar-refractivity contribution in [1.29, 1.82) is 0 Å². The van der Waals surface area contributed by atoms with Crippen LogP contribution in [0.5, 0.6) is 0 Å². The molecule has 21 heavy (non-hydrogen) atoms. The van der Waals surface area contributed by atoms with Gasteiger partial charge in [0.1, 0.15) is 5.82 Å². The van der Waals surface area contributed by atoms with Crippen LogP contribution in [0.3, 0.4) is 0 Å². The lowest BCUT2D eigenvalue weighted by molar-refractivity contribution is 0.584. The van der Waals surface area contributed by atoms with Gasteiger partial charge in [-0.05, 0) is 31.2 Å². The van der Waals surface area contributed by atoms with Crippen molar-refractivity contribution in [3.63, 3.8) is 0 Å². The van der Waals surface area contributed by atoms with E-state index in [1.54, 1.807) is 6.07 Å². The zero-order chi connectivity index (χ0) is 15.2. The lowest BCUT2D eigenvalue weighted by Gasteiger charge is -2.29. The minimum atomic E-state index is -0.152. The van der Waals surface area contributed by atoms with Crippen LogP contribution < -0.4 is 10.2 Å². The molecule has 2 aromatic carbocycles. The Morgan fingerprint density at radius 1 is 1.10 bits per heavy atom. The van der Waals surface area contributed by atoms with E-state index in [1.165, 1.54) is 11.6 Å². The Morgan fingerprint density at radius 2 is 1.76 bits per heavy atom. The number of hydrogen-bond donors (Lipinski definition) is 1. The van der Waals surface area contributed by atoms with Crippen LogP contribution in [0.4, 0.5) is 10.1 Å². The average Bonchev–Trinajstić information content (AvgIpc) is 2.52. The Bertz CT molecular complexity index is 583. The van der Waals surface area contributed by atoms with E-state index in [2.05, 4.69) is 29.3 Å². The van der Waals surface area contributed by atoms with E-state index >= 15 is 0 Å². The molecule has 0 aromatic heterocycles. The molecule has 0 heterocycles. The Morgan fingerprint density at radius 3 is 2.48 bits per heavy atom. The molecule has 0 spiro atoms. The zero-order valence-electron chi connectivity index (χ0n) is 12.9. The molecule has 1 unspecified atom stereocenters. The maximum absolute atomic E-state index is 14.0. The molecule has 2 rings (SSSR count). The van der Waals surface area contributed by atoms with E-state index in [0.29, 0.717) is 0 Å². The van der Waals surface area contributed by atoms with Gasteiger partial charge in [-0.15, -0.1) is 0 Å². The predicted molar refractivity (Wildman–Crippen MR) is 87.0 cm³/mol. The van der Waals surface area contributed by atoms with Gasteiger partial charge in [-0.25, -0.2) is 4.39 Å². The quantitative estimate of drug-likeness (QED) is 0.859. The molecule has 0 bridgehead atoms. The Labute approximate surface area is 126 Å². The first-order chi connectivity index (χ1) is 10.1. The molecule has 1 atom stereocenters. The monoisotopic (exact) mass is 286 g/mol. The van der Waals surface area contributed by atoms with Gasteiger partial charge in [-0.1, -0.05) is 43.3 Å². The molecule has 2 nitrogen and oxygen atoms in total. The average molecular weight is 286 g/mol. The van der Waals surface area contributed by atoms with Gasteiger partial charge in [0.15, 0.2) is 0 Å². The summed E-state index contributed by atoms with van der Waals surface area (Å²) in [5.41, 5.74) is 3.08. The molecule has 0 amide bonds. The van der Waals surface area contributed by atoms with Crippen LogP contribution in [0.2, 0.25) is 0 Å². The van der Waals surface area contributed by atoms with Crippen molar-refractivity contribution in [3.05, 3.63) is 65.5 Å². The number of anilines is 1. The molecule has 3 heteroatoms. The SMILES string of the molecule is CCNCc1ccccc1N(C)C(C)c1ccccc1F. The Kier molecular flexibility index (Phi) is 5.34. The predicted octanol–water partition coefficient (Wildman–Crippen LogP) is 4.13. The standard InChI is InChI=1S/C18H23FN2/c1-4-20-13-15-9-5-8-12-18(15)21(3)14(2)16-10-6-7-11-17(16)19/h5-12,14,20H,4,13H2,1-3H3. The third-order valence-corrected chi connectivity index (χ3v) is 3.87. The largest absolute Gasteiger partial charge is 0.367 e. The second kappa shape index (κ2) is 7.23. The molecule has 0 aliphatic rings. The van der Waals surface area contributed by atoms with E-state index in [0.717, 1.165) is 24.3 Å². The Balaban J connectivity index is 2.27. The highest BCUT2D eigenvalue weighted by Gasteiger charge is 2.17. The normalized spacial score (nSPS) is 12.2. The van der Waals surface area contributed by atoms with Gasteiger partial charge in [-0.3, -0.25) is 0 Å². The maximum Gasteiger partial charge on any atom is 0.128 e. The zero-order valence-corrected chi connectivity index (χ0v) is 12.9. The molecular weight excluding hydrogens is 263 g/mol. The van der Waals surface area contributed by atoms with Crippen molar-refractivity contribution in [2.75, 3.05) is 18.5 Å². The number of halogens is 1. The third-order valence-electron chi connectivity index (χ3n) is 3.87. The summed E-state index contributed by atoms with van der Waals surface area (Å²) in [6.07, 6.45) is 0. The number of benzene rings is 2. The van der Waals surface area contributed by atoms with E-state index in [-0.39, 0.29) is 11.9 Å². The van der Waals surface area contributed by atoms with Crippen molar-refractivity contribution in [3.8, 4) is 0 Å². The Hall–Kier alpha value is -1.87. The third kappa shape index (κ3) is 3.61. The molecular formula is C18H23FN2. The molecule has 0 aliphatic heterocycles. The molecule has 0 radical (unpaired) electrons. The van der Waals surface area contributed by atoms with Crippen LogP contribution in [-0.2, 0) is 6.54 Å².